The first kappa shape index (κ1) is 20.0. The summed E-state index contributed by atoms with van der Waals surface area (Å²) in [5.41, 5.74) is 3.97. The van der Waals surface area contributed by atoms with Gasteiger partial charge in [0.05, 0.1) is 0 Å². The van der Waals surface area contributed by atoms with Crippen molar-refractivity contribution in [2.24, 2.45) is 4.40 Å². The number of amidine groups is 1. The number of carbonyl (C=O) groups excluding carboxylic acids is 2. The molecule has 0 radical (unpaired) electrons. The van der Waals surface area contributed by atoms with Crippen LogP contribution in [0.3, 0.4) is 0 Å². The van der Waals surface area contributed by atoms with Crippen LogP contribution in [0.4, 0.5) is 17.1 Å². The largest absolute Gasteiger partial charge is 0.339 e. The topological polar surface area (TPSA) is 117 Å². The van der Waals surface area contributed by atoms with Gasteiger partial charge in [-0.1, -0.05) is 12.1 Å². The number of hydrogen-bond donors (Lipinski definition) is 3. The fraction of sp³-hybridized carbons (Fsp3) is 0.0870. The highest BCUT2D eigenvalue weighted by molar-refractivity contribution is 7.90. The van der Waals surface area contributed by atoms with Crippen molar-refractivity contribution in [1.82, 2.24) is 0 Å². The van der Waals surface area contributed by atoms with Crippen LogP contribution in [0.2, 0.25) is 0 Å². The van der Waals surface area contributed by atoms with Crippen LogP contribution in [0.5, 0.6) is 0 Å². The minimum Gasteiger partial charge on any atom is -0.339 e. The predicted octanol–water partition coefficient (Wildman–Crippen LogP) is 3.38. The summed E-state index contributed by atoms with van der Waals surface area (Å²) in [4.78, 5) is 24.3. The van der Waals surface area contributed by atoms with Crippen LogP contribution < -0.4 is 16.0 Å². The van der Waals surface area contributed by atoms with E-state index < -0.39 is 10.0 Å². The van der Waals surface area contributed by atoms with Gasteiger partial charge in [-0.05, 0) is 66.6 Å². The summed E-state index contributed by atoms with van der Waals surface area (Å²) in [6.45, 7) is 0. The maximum Gasteiger partial charge on any atom is 0.285 e. The van der Waals surface area contributed by atoms with Gasteiger partial charge in [-0.15, -0.1) is 4.40 Å². The van der Waals surface area contributed by atoms with Gasteiger partial charge in [-0.3, -0.25) is 9.59 Å². The second-order valence-corrected chi connectivity index (χ2v) is 9.06. The molecular weight excluding hydrogens is 428 g/mol. The molecule has 3 N–H and O–H groups in total. The molecule has 3 aromatic rings. The number of rotatable bonds is 3. The number of anilines is 3. The molecule has 5 rings (SSSR count). The third kappa shape index (κ3) is 3.74. The molecule has 0 aromatic heterocycles. The van der Waals surface area contributed by atoms with Crippen LogP contribution in [0.1, 0.15) is 27.9 Å². The summed E-state index contributed by atoms with van der Waals surface area (Å²) in [6.07, 6.45) is 1.06. The summed E-state index contributed by atoms with van der Waals surface area (Å²) < 4.78 is 28.2. The molecule has 0 unspecified atom stereocenters. The van der Waals surface area contributed by atoms with E-state index in [0.29, 0.717) is 35.3 Å². The van der Waals surface area contributed by atoms with Crippen LogP contribution in [0, 0.1) is 0 Å². The van der Waals surface area contributed by atoms with Gasteiger partial charge in [-0.25, -0.2) is 0 Å². The number of aryl methyl sites for hydroxylation is 1. The molecule has 8 nitrogen and oxygen atoms in total. The Bertz CT molecular complexity index is 1400. The van der Waals surface area contributed by atoms with Crippen molar-refractivity contribution < 1.29 is 18.0 Å². The molecule has 0 saturated carbocycles. The Morgan fingerprint density at radius 2 is 1.69 bits per heavy atom. The SMILES string of the molecule is O=C1CCc2cc(NC(=O)c3ccc(NC4=NS(=O)(=O)c5ccccc54)cc3)ccc2N1. The van der Waals surface area contributed by atoms with Crippen molar-refractivity contribution in [3.63, 3.8) is 0 Å². The third-order valence-electron chi connectivity index (χ3n) is 5.30. The Labute approximate surface area is 184 Å². The molecule has 2 heterocycles. The Morgan fingerprint density at radius 1 is 0.938 bits per heavy atom. The molecule has 3 aromatic carbocycles. The Kier molecular flexibility index (Phi) is 4.75. The van der Waals surface area contributed by atoms with Gasteiger partial charge in [0.1, 0.15) is 4.90 Å². The monoisotopic (exact) mass is 446 g/mol. The van der Waals surface area contributed by atoms with Gasteiger partial charge in [0.15, 0.2) is 5.84 Å². The number of nitrogens with zero attached hydrogens (tertiary/aromatic N) is 1. The first-order chi connectivity index (χ1) is 15.4. The zero-order chi connectivity index (χ0) is 22.3. The van der Waals surface area contributed by atoms with Crippen molar-refractivity contribution in [1.29, 1.82) is 0 Å². The average Bonchev–Trinajstić information content (AvgIpc) is 3.04. The normalized spacial score (nSPS) is 15.8. The number of amides is 2. The van der Waals surface area contributed by atoms with Gasteiger partial charge in [0.25, 0.3) is 15.9 Å². The first-order valence-corrected chi connectivity index (χ1v) is 11.4. The fourth-order valence-electron chi connectivity index (χ4n) is 3.70. The molecule has 160 valence electrons. The van der Waals surface area contributed by atoms with E-state index in [1.54, 1.807) is 54.6 Å². The molecule has 0 spiro atoms. The summed E-state index contributed by atoms with van der Waals surface area (Å²) in [5, 5.41) is 8.69. The van der Waals surface area contributed by atoms with E-state index in [-0.39, 0.29) is 22.5 Å². The van der Waals surface area contributed by atoms with Crippen LogP contribution in [0.15, 0.2) is 76.0 Å². The van der Waals surface area contributed by atoms with E-state index in [0.717, 1.165) is 11.3 Å². The maximum absolute atomic E-state index is 12.6. The van der Waals surface area contributed by atoms with Crippen molar-refractivity contribution >= 4 is 44.7 Å². The molecule has 0 fully saturated rings. The molecule has 32 heavy (non-hydrogen) atoms. The minimum atomic E-state index is -3.70. The molecular formula is C23H18N4O4S. The zero-order valence-corrected chi connectivity index (χ0v) is 17.6. The minimum absolute atomic E-state index is 0.00682. The number of hydrogen-bond acceptors (Lipinski definition) is 5. The number of sulfonamides is 1. The number of carbonyl (C=O) groups is 2. The molecule has 0 bridgehead atoms. The number of fused-ring (bicyclic) bond motifs is 2. The second kappa shape index (κ2) is 7.61. The van der Waals surface area contributed by atoms with Gasteiger partial charge < -0.3 is 16.0 Å². The lowest BCUT2D eigenvalue weighted by atomic mass is 10.0. The maximum atomic E-state index is 12.6. The van der Waals surface area contributed by atoms with Crippen molar-refractivity contribution in [2.45, 2.75) is 17.7 Å². The van der Waals surface area contributed by atoms with E-state index in [4.69, 9.17) is 0 Å². The molecule has 2 amide bonds. The van der Waals surface area contributed by atoms with Crippen LogP contribution in [0.25, 0.3) is 0 Å². The number of benzene rings is 3. The molecule has 0 aliphatic carbocycles. The van der Waals surface area contributed by atoms with E-state index in [2.05, 4.69) is 20.3 Å². The summed E-state index contributed by atoms with van der Waals surface area (Å²) >= 11 is 0. The standard InChI is InChI=1S/C23H18N4O4S/c28-21-12-7-15-13-17(10-11-19(15)26-21)25-23(29)14-5-8-16(9-6-14)24-22-18-3-1-2-4-20(18)32(30,31)27-22/h1-6,8-11,13H,7,12H2,(H,24,27)(H,25,29)(H,26,28). The zero-order valence-electron chi connectivity index (χ0n) is 16.8. The predicted molar refractivity (Wildman–Crippen MR) is 122 cm³/mol. The molecule has 2 aliphatic heterocycles. The average molecular weight is 446 g/mol. The lowest BCUT2D eigenvalue weighted by molar-refractivity contribution is -0.116. The van der Waals surface area contributed by atoms with E-state index in [1.807, 2.05) is 6.07 Å². The van der Waals surface area contributed by atoms with Crippen LogP contribution in [-0.4, -0.2) is 26.1 Å². The van der Waals surface area contributed by atoms with E-state index in [9.17, 15) is 18.0 Å². The summed E-state index contributed by atoms with van der Waals surface area (Å²) in [5.74, 6) is -0.0333. The smallest absolute Gasteiger partial charge is 0.285 e. The Hall–Kier alpha value is -3.98. The van der Waals surface area contributed by atoms with Crippen molar-refractivity contribution in [3.8, 4) is 0 Å². The highest BCUT2D eigenvalue weighted by atomic mass is 32.2. The van der Waals surface area contributed by atoms with E-state index >= 15 is 0 Å². The fourth-order valence-corrected chi connectivity index (χ4v) is 4.88. The third-order valence-corrected chi connectivity index (χ3v) is 6.63. The molecule has 0 saturated heterocycles. The lowest BCUT2D eigenvalue weighted by Crippen LogP contribution is -2.19. The quantitative estimate of drug-likeness (QED) is 0.570. The van der Waals surface area contributed by atoms with Gasteiger partial charge in [0.2, 0.25) is 5.91 Å². The summed E-state index contributed by atoms with van der Waals surface area (Å²) in [7, 11) is -3.70. The highest BCUT2D eigenvalue weighted by Crippen LogP contribution is 2.28. The van der Waals surface area contributed by atoms with Crippen LogP contribution in [-0.2, 0) is 21.2 Å². The van der Waals surface area contributed by atoms with Crippen molar-refractivity contribution in [2.75, 3.05) is 16.0 Å². The van der Waals surface area contributed by atoms with Crippen LogP contribution >= 0.6 is 0 Å². The van der Waals surface area contributed by atoms with E-state index in [1.165, 1.54) is 6.07 Å². The van der Waals surface area contributed by atoms with Crippen molar-refractivity contribution in [3.05, 3.63) is 83.4 Å². The molecule has 2 aliphatic rings. The molecule has 0 atom stereocenters. The highest BCUT2D eigenvalue weighted by Gasteiger charge is 2.28. The first-order valence-electron chi connectivity index (χ1n) is 9.95. The van der Waals surface area contributed by atoms with Gasteiger partial charge in [-0.2, -0.15) is 8.42 Å². The van der Waals surface area contributed by atoms with Gasteiger partial charge >= 0.3 is 0 Å². The molecule has 9 heteroatoms. The second-order valence-electron chi connectivity index (χ2n) is 7.49. The lowest BCUT2D eigenvalue weighted by Gasteiger charge is -2.17. The Morgan fingerprint density at radius 3 is 2.50 bits per heavy atom. The Balaban J connectivity index is 1.29. The summed E-state index contributed by atoms with van der Waals surface area (Å²) in [6, 6.07) is 18.7. The number of nitrogens with one attached hydrogen (secondary N) is 3. The van der Waals surface area contributed by atoms with Gasteiger partial charge in [0, 0.05) is 34.6 Å².